The minimum absolute atomic E-state index is 0.0596. The molecule has 0 aromatic carbocycles. The highest BCUT2D eigenvalue weighted by atomic mass is 16.7. The Kier molecular flexibility index (Phi) is 47.4. The van der Waals surface area contributed by atoms with E-state index in [-0.39, 0.29) is 25.9 Å². The lowest BCUT2D eigenvalue weighted by molar-refractivity contribution is -0.301. The Labute approximate surface area is 456 Å². The number of aliphatic hydroxyl groups excluding tert-OH is 2. The minimum Gasteiger partial charge on any atom is -0.479 e. The molecule has 0 spiro atoms. The maximum absolute atomic E-state index is 13.2. The summed E-state index contributed by atoms with van der Waals surface area (Å²) in [5.41, 5.74) is 0. The van der Waals surface area contributed by atoms with Gasteiger partial charge in [-0.3, -0.25) is 14.4 Å². The lowest BCUT2D eigenvalue weighted by Crippen LogP contribution is -2.61. The molecule has 6 atom stereocenters. The normalized spacial score (nSPS) is 18.5. The number of allylic oxidation sites excluding steroid dienone is 10. The monoisotopic (exact) mass is 1060 g/mol. The van der Waals surface area contributed by atoms with E-state index in [1.54, 1.807) is 0 Å². The van der Waals surface area contributed by atoms with E-state index in [2.05, 4.69) is 81.5 Å². The molecule has 0 amide bonds. The van der Waals surface area contributed by atoms with E-state index < -0.39 is 67.3 Å². The predicted octanol–water partition coefficient (Wildman–Crippen LogP) is 15.6. The van der Waals surface area contributed by atoms with Gasteiger partial charge >= 0.3 is 23.9 Å². The van der Waals surface area contributed by atoms with Gasteiger partial charge in [-0.05, 0) is 83.5 Å². The summed E-state index contributed by atoms with van der Waals surface area (Å²) in [6.07, 6.45) is 50.6. The summed E-state index contributed by atoms with van der Waals surface area (Å²) in [6, 6.07) is 0. The fraction of sp³-hybridized carbons (Fsp3) is 0.778. The molecule has 432 valence electrons. The number of carbonyl (C=O) groups excluding carboxylic acids is 3. The zero-order valence-electron chi connectivity index (χ0n) is 47.5. The molecular weight excluding hydrogens is 949 g/mol. The molecule has 0 aromatic rings. The van der Waals surface area contributed by atoms with Crippen molar-refractivity contribution in [1.82, 2.24) is 0 Å². The molecule has 75 heavy (non-hydrogen) atoms. The second-order valence-corrected chi connectivity index (χ2v) is 20.6. The molecule has 1 aliphatic rings. The summed E-state index contributed by atoms with van der Waals surface area (Å²) in [5.74, 6) is -3.13. The summed E-state index contributed by atoms with van der Waals surface area (Å²) in [4.78, 5) is 51.1. The summed E-state index contributed by atoms with van der Waals surface area (Å²) < 4.78 is 28.4. The first-order valence-electron chi connectivity index (χ1n) is 30.3. The van der Waals surface area contributed by atoms with Crippen molar-refractivity contribution in [3.63, 3.8) is 0 Å². The van der Waals surface area contributed by atoms with E-state index in [0.717, 1.165) is 122 Å². The Morgan fingerprint density at radius 2 is 0.840 bits per heavy atom. The van der Waals surface area contributed by atoms with Crippen molar-refractivity contribution in [3.8, 4) is 0 Å². The van der Waals surface area contributed by atoms with Crippen molar-refractivity contribution in [2.75, 3.05) is 13.2 Å². The van der Waals surface area contributed by atoms with Crippen LogP contribution in [-0.4, -0.2) is 89.2 Å². The van der Waals surface area contributed by atoms with Crippen molar-refractivity contribution >= 4 is 23.9 Å². The van der Waals surface area contributed by atoms with Crippen LogP contribution in [0.15, 0.2) is 60.8 Å². The fourth-order valence-corrected chi connectivity index (χ4v) is 8.94. The lowest BCUT2D eigenvalue weighted by atomic mass is 9.98. The van der Waals surface area contributed by atoms with Crippen LogP contribution >= 0.6 is 0 Å². The predicted molar refractivity (Wildman–Crippen MR) is 303 cm³/mol. The molecule has 1 saturated heterocycles. The Balaban J connectivity index is 2.66. The van der Waals surface area contributed by atoms with Crippen LogP contribution in [-0.2, 0) is 42.9 Å². The minimum atomic E-state index is -1.90. The average Bonchev–Trinajstić information content (AvgIpc) is 3.39. The number of carbonyl (C=O) groups is 4. The number of aliphatic carboxylic acids is 1. The zero-order chi connectivity index (χ0) is 54.7. The second-order valence-electron chi connectivity index (χ2n) is 20.6. The van der Waals surface area contributed by atoms with Gasteiger partial charge in [-0.2, -0.15) is 0 Å². The Hall–Kier alpha value is -3.58. The highest BCUT2D eigenvalue weighted by Gasteiger charge is 2.50. The number of hydrogen-bond acceptors (Lipinski definition) is 11. The topological polar surface area (TPSA) is 175 Å². The van der Waals surface area contributed by atoms with E-state index in [1.165, 1.54) is 83.5 Å². The van der Waals surface area contributed by atoms with Crippen LogP contribution < -0.4 is 0 Å². The molecule has 12 nitrogen and oxygen atoms in total. The summed E-state index contributed by atoms with van der Waals surface area (Å²) in [7, 11) is 0. The van der Waals surface area contributed by atoms with Gasteiger partial charge in [0, 0.05) is 19.3 Å². The van der Waals surface area contributed by atoms with Gasteiger partial charge in [-0.15, -0.1) is 0 Å². The molecule has 1 fully saturated rings. The average molecular weight is 1060 g/mol. The van der Waals surface area contributed by atoms with Crippen LogP contribution in [0.4, 0.5) is 0 Å². The highest BCUT2D eigenvalue weighted by molar-refractivity contribution is 5.74. The quantitative estimate of drug-likeness (QED) is 0.0228. The summed E-state index contributed by atoms with van der Waals surface area (Å²) in [5, 5.41) is 31.4. The molecular formula is C63H108O12. The van der Waals surface area contributed by atoms with Crippen molar-refractivity contribution in [1.29, 1.82) is 0 Å². The van der Waals surface area contributed by atoms with Gasteiger partial charge in [0.1, 0.15) is 18.8 Å². The number of esters is 3. The van der Waals surface area contributed by atoms with Crippen LogP contribution in [0.25, 0.3) is 0 Å². The number of rotatable bonds is 51. The van der Waals surface area contributed by atoms with E-state index >= 15 is 0 Å². The molecule has 0 radical (unpaired) electrons. The molecule has 0 aliphatic carbocycles. The van der Waals surface area contributed by atoms with Gasteiger partial charge in [-0.1, -0.05) is 223 Å². The van der Waals surface area contributed by atoms with Gasteiger partial charge in [-0.25, -0.2) is 4.79 Å². The first-order valence-corrected chi connectivity index (χ1v) is 30.3. The molecule has 1 heterocycles. The Morgan fingerprint density at radius 3 is 1.29 bits per heavy atom. The van der Waals surface area contributed by atoms with Crippen molar-refractivity contribution in [2.24, 2.45) is 0 Å². The van der Waals surface area contributed by atoms with E-state index in [0.29, 0.717) is 19.3 Å². The summed E-state index contributed by atoms with van der Waals surface area (Å²) >= 11 is 0. The van der Waals surface area contributed by atoms with Crippen LogP contribution in [0.5, 0.6) is 0 Å². The number of aliphatic hydroxyl groups is 2. The van der Waals surface area contributed by atoms with Crippen molar-refractivity contribution in [2.45, 2.75) is 302 Å². The Morgan fingerprint density at radius 1 is 0.453 bits per heavy atom. The molecule has 0 bridgehead atoms. The Bertz CT molecular complexity index is 1540. The van der Waals surface area contributed by atoms with E-state index in [1.807, 2.05) is 0 Å². The molecule has 3 N–H and O–H groups in total. The van der Waals surface area contributed by atoms with Crippen molar-refractivity contribution in [3.05, 3.63) is 60.8 Å². The molecule has 0 aromatic heterocycles. The standard InChI is InChI=1S/C63H108O12/c1-4-7-10-13-16-19-21-23-25-27-28-30-31-33-35-38-40-43-46-49-55(64)71-52-54(73-56(65)50-47-44-42-39-36-34-32-29-26-24-22-20-17-14-11-8-5-2)53-72-63-61(59(68)58(67)60(75-63)62(69)70)74-57(66)51-48-45-41-37-18-15-12-9-6-3/h7,10,16,19,23-26,28,30,54,58-61,63,67-68H,4-6,8-9,11-15,17-18,20-22,27,29,31-53H2,1-3H3,(H,69,70)/b10-7-,19-16-,25-23-,26-24-,30-28-. The third-order valence-electron chi connectivity index (χ3n) is 13.6. The maximum atomic E-state index is 13.2. The van der Waals surface area contributed by atoms with Crippen LogP contribution in [0.3, 0.4) is 0 Å². The van der Waals surface area contributed by atoms with Crippen LogP contribution in [0.2, 0.25) is 0 Å². The number of unbranched alkanes of at least 4 members (excludes halogenated alkanes) is 27. The molecule has 12 heteroatoms. The highest BCUT2D eigenvalue weighted by Crippen LogP contribution is 2.26. The molecule has 0 saturated carbocycles. The third kappa shape index (κ3) is 41.2. The van der Waals surface area contributed by atoms with E-state index in [9.17, 15) is 34.5 Å². The van der Waals surface area contributed by atoms with Gasteiger partial charge in [0.25, 0.3) is 0 Å². The maximum Gasteiger partial charge on any atom is 0.335 e. The smallest absolute Gasteiger partial charge is 0.335 e. The number of carboxylic acids is 1. The fourth-order valence-electron chi connectivity index (χ4n) is 8.94. The summed E-state index contributed by atoms with van der Waals surface area (Å²) in [6.45, 7) is 5.84. The first kappa shape index (κ1) is 69.4. The number of carboxylic acid groups (broad SMARTS) is 1. The zero-order valence-corrected chi connectivity index (χ0v) is 47.5. The van der Waals surface area contributed by atoms with E-state index in [4.69, 9.17) is 23.7 Å². The van der Waals surface area contributed by atoms with Gasteiger partial charge in [0.05, 0.1) is 6.61 Å². The first-order chi connectivity index (χ1) is 36.6. The third-order valence-corrected chi connectivity index (χ3v) is 13.6. The van der Waals surface area contributed by atoms with Crippen molar-refractivity contribution < 1.29 is 58.2 Å². The molecule has 1 aliphatic heterocycles. The van der Waals surface area contributed by atoms with Gasteiger partial charge < -0.3 is 39.0 Å². The molecule has 1 rings (SSSR count). The van der Waals surface area contributed by atoms with Crippen LogP contribution in [0, 0.1) is 0 Å². The SMILES string of the molecule is CC/C=C\C/C=C\C/C=C\C/C=C\CCCCCCCCC(=O)OCC(COC1OC(C(=O)O)C(O)C(O)C1OC(=O)CCCCCCCCCCC)OC(=O)CCCCCCCCC/C=C\CCCCCCCC. The van der Waals surface area contributed by atoms with Crippen LogP contribution in [0.1, 0.15) is 265 Å². The number of ether oxygens (including phenoxy) is 5. The second kappa shape index (κ2) is 51.2. The molecule has 6 unspecified atom stereocenters. The number of hydrogen-bond donors (Lipinski definition) is 3. The lowest BCUT2D eigenvalue weighted by Gasteiger charge is -2.40. The largest absolute Gasteiger partial charge is 0.479 e. The van der Waals surface area contributed by atoms with Gasteiger partial charge in [0.2, 0.25) is 0 Å². The van der Waals surface area contributed by atoms with Gasteiger partial charge in [0.15, 0.2) is 24.6 Å².